The Kier molecular flexibility index (Phi) is 3.60. The Bertz CT molecular complexity index is 466. The summed E-state index contributed by atoms with van der Waals surface area (Å²) in [7, 11) is 0. The molecule has 0 saturated carbocycles. The van der Waals surface area contributed by atoms with E-state index in [2.05, 4.69) is 15.4 Å². The summed E-state index contributed by atoms with van der Waals surface area (Å²) in [6, 6.07) is 3.69. The molecular weight excluding hydrogens is 244 g/mol. The van der Waals surface area contributed by atoms with Crippen molar-refractivity contribution in [1.29, 1.82) is 0 Å². The molecule has 0 fully saturated rings. The normalized spacial score (nSPS) is 10.3. The van der Waals surface area contributed by atoms with E-state index in [9.17, 15) is 4.79 Å². The van der Waals surface area contributed by atoms with Crippen LogP contribution in [0.1, 0.15) is 14.5 Å². The first kappa shape index (κ1) is 11.2. The highest BCUT2D eigenvalue weighted by Crippen LogP contribution is 2.24. The number of aromatic amines is 1. The molecule has 0 aromatic carbocycles. The van der Waals surface area contributed by atoms with Crippen molar-refractivity contribution in [2.45, 2.75) is 10.9 Å². The quantitative estimate of drug-likeness (QED) is 0.333. The Morgan fingerprint density at radius 3 is 3.19 bits per heavy atom. The van der Waals surface area contributed by atoms with Gasteiger partial charge in [0, 0.05) is 23.0 Å². The minimum absolute atomic E-state index is 0.251. The molecule has 16 heavy (non-hydrogen) atoms. The summed E-state index contributed by atoms with van der Waals surface area (Å²) in [6.45, 7) is 0. The molecule has 0 bridgehead atoms. The summed E-state index contributed by atoms with van der Waals surface area (Å²) in [5, 5.41) is 0.873. The lowest BCUT2D eigenvalue weighted by molar-refractivity contribution is 0.0957. The molecule has 0 radical (unpaired) electrons. The van der Waals surface area contributed by atoms with Crippen molar-refractivity contribution in [1.82, 2.24) is 15.4 Å². The number of aromatic nitrogens is 2. The van der Waals surface area contributed by atoms with E-state index in [0.29, 0.717) is 4.88 Å². The van der Waals surface area contributed by atoms with Crippen molar-refractivity contribution in [2.24, 2.45) is 5.84 Å². The molecule has 2 aromatic rings. The minimum atomic E-state index is -0.251. The fourth-order valence-corrected chi connectivity index (χ4v) is 2.90. The number of amides is 1. The second kappa shape index (κ2) is 5.15. The zero-order valence-electron chi connectivity index (χ0n) is 8.27. The summed E-state index contributed by atoms with van der Waals surface area (Å²) in [6.07, 6.45) is 3.49. The van der Waals surface area contributed by atoms with Crippen LogP contribution >= 0.6 is 23.1 Å². The van der Waals surface area contributed by atoms with Crippen molar-refractivity contribution in [2.75, 3.05) is 0 Å². The number of hydrazine groups is 1. The summed E-state index contributed by atoms with van der Waals surface area (Å²) in [4.78, 5) is 20.0. The van der Waals surface area contributed by atoms with E-state index in [0.717, 1.165) is 15.8 Å². The predicted octanol–water partition coefficient (Wildman–Crippen LogP) is 1.37. The lowest BCUT2D eigenvalue weighted by Gasteiger charge is -1.94. The van der Waals surface area contributed by atoms with Crippen molar-refractivity contribution >= 4 is 29.0 Å². The summed E-state index contributed by atoms with van der Waals surface area (Å²) in [5.74, 6) is 5.59. The van der Waals surface area contributed by atoms with Gasteiger partial charge in [0.1, 0.15) is 0 Å². The van der Waals surface area contributed by atoms with Crippen LogP contribution in [0.3, 0.4) is 0 Å². The second-order valence-corrected chi connectivity index (χ2v) is 5.05. The van der Waals surface area contributed by atoms with Gasteiger partial charge < -0.3 is 4.98 Å². The van der Waals surface area contributed by atoms with Crippen molar-refractivity contribution in [3.63, 3.8) is 0 Å². The molecule has 2 heterocycles. The van der Waals surface area contributed by atoms with Gasteiger partial charge in [-0.05, 0) is 12.1 Å². The largest absolute Gasteiger partial charge is 0.340 e. The zero-order chi connectivity index (χ0) is 11.4. The lowest BCUT2D eigenvalue weighted by atomic mass is 10.4. The van der Waals surface area contributed by atoms with E-state index in [1.807, 2.05) is 6.07 Å². The molecule has 0 unspecified atom stereocenters. The molecule has 4 N–H and O–H groups in total. The van der Waals surface area contributed by atoms with Gasteiger partial charge in [0.25, 0.3) is 5.91 Å². The van der Waals surface area contributed by atoms with Crippen molar-refractivity contribution < 1.29 is 4.79 Å². The Morgan fingerprint density at radius 2 is 2.50 bits per heavy atom. The van der Waals surface area contributed by atoms with Gasteiger partial charge in [0.15, 0.2) is 5.16 Å². The average molecular weight is 254 g/mol. The fourth-order valence-electron chi connectivity index (χ4n) is 1.12. The van der Waals surface area contributed by atoms with Crippen LogP contribution in [0, 0.1) is 0 Å². The molecule has 84 valence electrons. The number of hydrogen-bond acceptors (Lipinski definition) is 5. The highest BCUT2D eigenvalue weighted by atomic mass is 32.2. The molecular formula is C9H10N4OS2. The number of hydrogen-bond donors (Lipinski definition) is 3. The first-order chi connectivity index (χ1) is 7.79. The topological polar surface area (TPSA) is 83.8 Å². The SMILES string of the molecule is NNC(=O)c1ccc(CSc2ncc[nH]2)s1. The molecule has 0 saturated heterocycles. The first-order valence-electron chi connectivity index (χ1n) is 4.51. The Hall–Kier alpha value is -1.31. The number of nitrogens with zero attached hydrogens (tertiary/aromatic N) is 1. The van der Waals surface area contributed by atoms with Crippen LogP contribution in [0.4, 0.5) is 0 Å². The highest BCUT2D eigenvalue weighted by molar-refractivity contribution is 7.98. The molecule has 0 spiro atoms. The number of thioether (sulfide) groups is 1. The van der Waals surface area contributed by atoms with Gasteiger partial charge in [-0.3, -0.25) is 10.2 Å². The van der Waals surface area contributed by atoms with Gasteiger partial charge in [0.05, 0.1) is 4.88 Å². The third-order valence-corrected chi connectivity index (χ3v) is 4.06. The zero-order valence-corrected chi connectivity index (χ0v) is 9.90. The van der Waals surface area contributed by atoms with Gasteiger partial charge in [-0.1, -0.05) is 11.8 Å². The molecule has 7 heteroatoms. The Balaban J connectivity index is 1.95. The third kappa shape index (κ3) is 2.63. The van der Waals surface area contributed by atoms with E-state index in [1.165, 1.54) is 11.3 Å². The second-order valence-electron chi connectivity index (χ2n) is 2.92. The number of carbonyl (C=O) groups is 1. The highest BCUT2D eigenvalue weighted by Gasteiger charge is 2.07. The Morgan fingerprint density at radius 1 is 1.62 bits per heavy atom. The van der Waals surface area contributed by atoms with Crippen LogP contribution in [-0.4, -0.2) is 15.9 Å². The van der Waals surface area contributed by atoms with Crippen LogP contribution in [-0.2, 0) is 5.75 Å². The third-order valence-electron chi connectivity index (χ3n) is 1.84. The van der Waals surface area contributed by atoms with Crippen LogP contribution in [0.2, 0.25) is 0 Å². The maximum absolute atomic E-state index is 11.2. The van der Waals surface area contributed by atoms with Crippen molar-refractivity contribution in [3.05, 3.63) is 34.3 Å². The molecule has 0 aliphatic carbocycles. The molecule has 2 rings (SSSR count). The van der Waals surface area contributed by atoms with Crippen molar-refractivity contribution in [3.8, 4) is 0 Å². The monoisotopic (exact) mass is 254 g/mol. The van der Waals surface area contributed by atoms with Crippen LogP contribution < -0.4 is 11.3 Å². The van der Waals surface area contributed by atoms with Gasteiger partial charge >= 0.3 is 0 Å². The summed E-state index contributed by atoms with van der Waals surface area (Å²) < 4.78 is 0. The number of nitrogens with one attached hydrogen (secondary N) is 2. The number of rotatable bonds is 4. The van der Waals surface area contributed by atoms with E-state index in [4.69, 9.17) is 5.84 Å². The van der Waals surface area contributed by atoms with Gasteiger partial charge in [-0.2, -0.15) is 0 Å². The number of nitrogens with two attached hydrogens (primary N) is 1. The average Bonchev–Trinajstić information content (AvgIpc) is 2.96. The van der Waals surface area contributed by atoms with Crippen LogP contribution in [0.25, 0.3) is 0 Å². The standard InChI is InChI=1S/C9H10N4OS2/c10-13-8(14)7-2-1-6(16-7)5-15-9-11-3-4-12-9/h1-4H,5,10H2,(H,11,12)(H,13,14). The fraction of sp³-hybridized carbons (Fsp3) is 0.111. The summed E-state index contributed by atoms with van der Waals surface area (Å²) >= 11 is 3.03. The maximum Gasteiger partial charge on any atom is 0.275 e. The molecule has 5 nitrogen and oxygen atoms in total. The number of thiophene rings is 1. The number of H-pyrrole nitrogens is 1. The maximum atomic E-state index is 11.2. The Labute approximate surface area is 100 Å². The van der Waals surface area contributed by atoms with E-state index >= 15 is 0 Å². The van der Waals surface area contributed by atoms with E-state index in [-0.39, 0.29) is 5.91 Å². The molecule has 0 aliphatic heterocycles. The van der Waals surface area contributed by atoms with Crippen LogP contribution in [0.15, 0.2) is 29.7 Å². The van der Waals surface area contributed by atoms with Gasteiger partial charge in [-0.15, -0.1) is 11.3 Å². The van der Waals surface area contributed by atoms with E-state index < -0.39 is 0 Å². The molecule has 1 amide bonds. The lowest BCUT2D eigenvalue weighted by Crippen LogP contribution is -2.29. The number of nitrogen functional groups attached to an aromatic ring is 1. The number of imidazole rings is 1. The van der Waals surface area contributed by atoms with Gasteiger partial charge in [0.2, 0.25) is 0 Å². The molecule has 0 atom stereocenters. The molecule has 2 aromatic heterocycles. The number of carbonyl (C=O) groups excluding carboxylic acids is 1. The smallest absolute Gasteiger partial charge is 0.275 e. The predicted molar refractivity (Wildman–Crippen MR) is 64.1 cm³/mol. The van der Waals surface area contributed by atoms with Crippen LogP contribution in [0.5, 0.6) is 0 Å². The summed E-state index contributed by atoms with van der Waals surface area (Å²) in [5.41, 5.74) is 2.11. The molecule has 0 aliphatic rings. The first-order valence-corrected chi connectivity index (χ1v) is 6.31. The van der Waals surface area contributed by atoms with Gasteiger partial charge in [-0.25, -0.2) is 10.8 Å². The minimum Gasteiger partial charge on any atom is -0.340 e. The van der Waals surface area contributed by atoms with E-state index in [1.54, 1.807) is 30.2 Å².